The summed E-state index contributed by atoms with van der Waals surface area (Å²) in [7, 11) is 1.61. The summed E-state index contributed by atoms with van der Waals surface area (Å²) in [4.78, 5) is 24.0. The smallest absolute Gasteiger partial charge is 0.326 e. The highest BCUT2D eigenvalue weighted by atomic mass is 35.5. The van der Waals surface area contributed by atoms with E-state index in [-0.39, 0.29) is 18.1 Å². The van der Waals surface area contributed by atoms with E-state index in [1.54, 1.807) is 7.11 Å². The highest BCUT2D eigenvalue weighted by molar-refractivity contribution is 5.97. The highest BCUT2D eigenvalue weighted by Crippen LogP contribution is 2.37. The molecular weight excluding hydrogens is 386 g/mol. The summed E-state index contributed by atoms with van der Waals surface area (Å²) in [6.45, 7) is 0.487. The highest BCUT2D eigenvalue weighted by Gasteiger charge is 2.30. The Kier molecular flexibility index (Phi) is 7.42. The summed E-state index contributed by atoms with van der Waals surface area (Å²) in [6, 6.07) is 4.68. The van der Waals surface area contributed by atoms with Crippen LogP contribution in [-0.4, -0.2) is 41.8 Å². The number of nitrogens with zero attached hydrogens (tertiary/aromatic N) is 1. The Morgan fingerprint density at radius 3 is 2.82 bits per heavy atom. The van der Waals surface area contributed by atoms with Gasteiger partial charge in [-0.3, -0.25) is 4.79 Å². The predicted octanol–water partition coefficient (Wildman–Crippen LogP) is 2.18. The number of hydrogen-bond acceptors (Lipinski definition) is 6. The van der Waals surface area contributed by atoms with Crippen LogP contribution in [0.5, 0.6) is 5.75 Å². The van der Waals surface area contributed by atoms with Crippen LogP contribution in [0.2, 0.25) is 0 Å². The fourth-order valence-corrected chi connectivity index (χ4v) is 3.29. The number of nitrogens with two attached hydrogens (primary N) is 1. The van der Waals surface area contributed by atoms with Gasteiger partial charge >= 0.3 is 5.97 Å². The SMILES string of the molecule is COc1ccc2c(c1)CCc1c(C(=O)N[C@H](CCCCN)C(=O)O)noc1-2.Cl. The summed E-state index contributed by atoms with van der Waals surface area (Å²) in [5.74, 6) is -0.289. The van der Waals surface area contributed by atoms with Crippen molar-refractivity contribution < 1.29 is 24.0 Å². The van der Waals surface area contributed by atoms with Crippen molar-refractivity contribution in [2.45, 2.75) is 38.1 Å². The van der Waals surface area contributed by atoms with Crippen molar-refractivity contribution >= 4 is 24.3 Å². The Bertz CT molecular complexity index is 852. The van der Waals surface area contributed by atoms with Crippen molar-refractivity contribution in [2.24, 2.45) is 5.73 Å². The van der Waals surface area contributed by atoms with Gasteiger partial charge in [0.25, 0.3) is 5.91 Å². The number of aliphatic carboxylic acids is 1. The van der Waals surface area contributed by atoms with Crippen molar-refractivity contribution in [3.8, 4) is 17.1 Å². The molecule has 0 fully saturated rings. The molecule has 4 N–H and O–H groups in total. The molecule has 8 nitrogen and oxygen atoms in total. The molecule has 1 heterocycles. The Morgan fingerprint density at radius 1 is 1.36 bits per heavy atom. The molecule has 0 bridgehead atoms. The maximum atomic E-state index is 12.6. The average Bonchev–Trinajstić information content (AvgIpc) is 3.11. The van der Waals surface area contributed by atoms with Crippen LogP contribution in [0.15, 0.2) is 22.7 Å². The van der Waals surface area contributed by atoms with E-state index in [9.17, 15) is 14.7 Å². The minimum absolute atomic E-state index is 0. The third-order valence-corrected chi connectivity index (χ3v) is 4.75. The molecule has 1 aliphatic carbocycles. The van der Waals surface area contributed by atoms with Crippen LogP contribution in [0, 0.1) is 0 Å². The number of benzene rings is 1. The van der Waals surface area contributed by atoms with Crippen molar-refractivity contribution in [1.29, 1.82) is 0 Å². The third-order valence-electron chi connectivity index (χ3n) is 4.75. The number of carbonyl (C=O) groups excluding carboxylic acids is 1. The van der Waals surface area contributed by atoms with Crippen LogP contribution in [-0.2, 0) is 17.6 Å². The van der Waals surface area contributed by atoms with Gasteiger partial charge in [0, 0.05) is 11.1 Å². The number of carboxylic acid groups (broad SMARTS) is 1. The molecular formula is C19H24ClN3O5. The number of amides is 1. The first-order chi connectivity index (χ1) is 13.0. The minimum atomic E-state index is -1.07. The molecule has 28 heavy (non-hydrogen) atoms. The summed E-state index contributed by atoms with van der Waals surface area (Å²) in [6.07, 6.45) is 2.96. The Hall–Kier alpha value is -2.58. The van der Waals surface area contributed by atoms with Crippen LogP contribution in [0.3, 0.4) is 0 Å². The fraction of sp³-hybridized carbons (Fsp3) is 0.421. The van der Waals surface area contributed by atoms with Crippen molar-refractivity contribution in [1.82, 2.24) is 10.5 Å². The second-order valence-corrected chi connectivity index (χ2v) is 6.51. The van der Waals surface area contributed by atoms with E-state index in [1.807, 2.05) is 18.2 Å². The largest absolute Gasteiger partial charge is 0.497 e. The number of fused-ring (bicyclic) bond motifs is 3. The number of carboxylic acids is 1. The van der Waals surface area contributed by atoms with Gasteiger partial charge in [-0.2, -0.15) is 0 Å². The van der Waals surface area contributed by atoms with E-state index in [0.717, 1.165) is 23.3 Å². The van der Waals surface area contributed by atoms with Gasteiger partial charge in [-0.15, -0.1) is 12.4 Å². The van der Waals surface area contributed by atoms with Gasteiger partial charge < -0.3 is 25.4 Å². The van der Waals surface area contributed by atoms with Crippen LogP contribution in [0.1, 0.15) is 40.9 Å². The van der Waals surface area contributed by atoms with E-state index in [4.69, 9.17) is 15.0 Å². The maximum absolute atomic E-state index is 12.6. The number of unbranched alkanes of at least 4 members (excludes halogenated alkanes) is 1. The number of ether oxygens (including phenoxy) is 1. The van der Waals surface area contributed by atoms with Gasteiger partial charge in [0.1, 0.15) is 11.8 Å². The molecule has 1 aromatic heterocycles. The van der Waals surface area contributed by atoms with Gasteiger partial charge in [0.15, 0.2) is 11.5 Å². The first kappa shape index (κ1) is 21.7. The summed E-state index contributed by atoms with van der Waals surface area (Å²) < 4.78 is 10.7. The van der Waals surface area contributed by atoms with Gasteiger partial charge in [-0.05, 0) is 62.4 Å². The Morgan fingerprint density at radius 2 is 2.14 bits per heavy atom. The molecule has 0 saturated carbocycles. The summed E-state index contributed by atoms with van der Waals surface area (Å²) >= 11 is 0. The third kappa shape index (κ3) is 4.45. The van der Waals surface area contributed by atoms with Crippen molar-refractivity contribution in [2.75, 3.05) is 13.7 Å². The maximum Gasteiger partial charge on any atom is 0.326 e. The van der Waals surface area contributed by atoms with Gasteiger partial charge in [0.05, 0.1) is 7.11 Å². The van der Waals surface area contributed by atoms with E-state index >= 15 is 0 Å². The van der Waals surface area contributed by atoms with E-state index < -0.39 is 17.9 Å². The lowest BCUT2D eigenvalue weighted by molar-refractivity contribution is -0.139. The molecule has 0 aliphatic heterocycles. The number of carbonyl (C=O) groups is 2. The lowest BCUT2D eigenvalue weighted by atomic mass is 9.89. The number of methoxy groups -OCH3 is 1. The van der Waals surface area contributed by atoms with Gasteiger partial charge in [-0.25, -0.2) is 4.79 Å². The molecule has 0 unspecified atom stereocenters. The van der Waals surface area contributed by atoms with Crippen LogP contribution in [0.4, 0.5) is 0 Å². The van der Waals surface area contributed by atoms with Crippen molar-refractivity contribution in [3.05, 3.63) is 35.0 Å². The average molecular weight is 410 g/mol. The van der Waals surface area contributed by atoms with E-state index in [0.29, 0.717) is 43.6 Å². The topological polar surface area (TPSA) is 128 Å². The second-order valence-electron chi connectivity index (χ2n) is 6.51. The number of hydrogen-bond donors (Lipinski definition) is 3. The van der Waals surface area contributed by atoms with Crippen LogP contribution in [0.25, 0.3) is 11.3 Å². The van der Waals surface area contributed by atoms with E-state index in [1.165, 1.54) is 0 Å². The zero-order chi connectivity index (χ0) is 19.4. The number of aromatic nitrogens is 1. The normalized spacial score (nSPS) is 12.9. The van der Waals surface area contributed by atoms with Crippen LogP contribution < -0.4 is 15.8 Å². The van der Waals surface area contributed by atoms with Gasteiger partial charge in [-0.1, -0.05) is 5.16 Å². The molecule has 1 aromatic carbocycles. The van der Waals surface area contributed by atoms with Crippen molar-refractivity contribution in [3.63, 3.8) is 0 Å². The zero-order valence-electron chi connectivity index (χ0n) is 15.6. The number of aryl methyl sites for hydroxylation is 1. The second kappa shape index (κ2) is 9.57. The molecule has 0 saturated heterocycles. The number of halogens is 1. The molecule has 1 aliphatic rings. The quantitative estimate of drug-likeness (QED) is 0.570. The molecule has 0 spiro atoms. The number of rotatable bonds is 8. The standard InChI is InChI=1S/C19H23N3O5.ClH/c1-26-12-6-8-13-11(10-12)5-7-14-16(22-27-17(13)14)18(23)21-15(19(24)25)4-2-3-9-20;/h6,8,10,15H,2-5,7,9,20H2,1H3,(H,21,23)(H,24,25);1H/t15-;/m1./s1. The van der Waals surface area contributed by atoms with Gasteiger partial charge in [0.2, 0.25) is 0 Å². The lowest BCUT2D eigenvalue weighted by Gasteiger charge is -2.17. The monoisotopic (exact) mass is 409 g/mol. The molecule has 152 valence electrons. The summed E-state index contributed by atoms with van der Waals surface area (Å²) in [5.41, 5.74) is 8.23. The summed E-state index contributed by atoms with van der Waals surface area (Å²) in [5, 5.41) is 15.8. The molecule has 1 amide bonds. The molecule has 2 aromatic rings. The zero-order valence-corrected chi connectivity index (χ0v) is 16.4. The molecule has 0 radical (unpaired) electrons. The van der Waals surface area contributed by atoms with E-state index in [2.05, 4.69) is 10.5 Å². The predicted molar refractivity (Wildman–Crippen MR) is 105 cm³/mol. The Labute approximate surface area is 168 Å². The molecule has 1 atom stereocenters. The molecule has 9 heteroatoms. The first-order valence-electron chi connectivity index (χ1n) is 8.94. The number of nitrogens with one attached hydrogen (secondary N) is 1. The van der Waals surface area contributed by atoms with Crippen LogP contribution >= 0.6 is 12.4 Å². The first-order valence-corrected chi connectivity index (χ1v) is 8.94. The lowest BCUT2D eigenvalue weighted by Crippen LogP contribution is -2.41. The Balaban J connectivity index is 0.00000280. The fourth-order valence-electron chi connectivity index (χ4n) is 3.29. The minimum Gasteiger partial charge on any atom is -0.497 e. The molecule has 3 rings (SSSR count).